The van der Waals surface area contributed by atoms with E-state index in [1.807, 2.05) is 51.1 Å². The molecule has 204 valence electrons. The summed E-state index contributed by atoms with van der Waals surface area (Å²) in [5.74, 6) is -1.51. The Morgan fingerprint density at radius 2 is 1.86 bits per heavy atom. The first-order valence-electron chi connectivity index (χ1n) is 13.9. The fourth-order valence-corrected chi connectivity index (χ4v) is 9.30. The fourth-order valence-electron chi connectivity index (χ4n) is 6.96. The highest BCUT2D eigenvalue weighted by Crippen LogP contribution is 2.71. The van der Waals surface area contributed by atoms with Gasteiger partial charge in [0.15, 0.2) is 0 Å². The van der Waals surface area contributed by atoms with Gasteiger partial charge in [-0.3, -0.25) is 14.4 Å². The Labute approximate surface area is 225 Å². The lowest BCUT2D eigenvalue weighted by molar-refractivity contribution is -0.144. The number of fused-ring (bicyclic) bond motifs is 1. The zero-order valence-corrected chi connectivity index (χ0v) is 23.6. The summed E-state index contributed by atoms with van der Waals surface area (Å²) in [7, 11) is 0. The number of hydrogen-bond acceptors (Lipinski definition) is 5. The average molecular weight is 530 g/mol. The number of thioether (sulfide) groups is 1. The highest BCUT2D eigenvalue weighted by Gasteiger charge is 2.77. The maximum Gasteiger partial charge on any atom is 0.244 e. The van der Waals surface area contributed by atoms with Gasteiger partial charge in [0.2, 0.25) is 17.7 Å². The molecule has 7 nitrogen and oxygen atoms in total. The number of likely N-dealkylation sites (tertiary alicyclic amines) is 1. The molecule has 0 aliphatic carbocycles. The number of benzene rings is 1. The van der Waals surface area contributed by atoms with E-state index in [1.165, 1.54) is 0 Å². The van der Waals surface area contributed by atoms with Crippen LogP contribution in [0.1, 0.15) is 72.3 Å². The molecule has 8 atom stereocenters. The molecule has 3 fully saturated rings. The summed E-state index contributed by atoms with van der Waals surface area (Å²) in [6.07, 6.45) is 4.07. The Kier molecular flexibility index (Phi) is 8.29. The number of aliphatic hydroxyl groups excluding tert-OH is 1. The number of hydrogen-bond donors (Lipinski definition) is 3. The highest BCUT2D eigenvalue weighted by molar-refractivity contribution is 8.02. The Balaban J connectivity index is 1.70. The second kappa shape index (κ2) is 11.0. The number of carbonyl (C=O) groups excluding carboxylic acids is 3. The molecule has 0 radical (unpaired) electrons. The van der Waals surface area contributed by atoms with Crippen molar-refractivity contribution < 1.29 is 19.5 Å². The van der Waals surface area contributed by atoms with Crippen LogP contribution in [-0.4, -0.2) is 62.0 Å². The molecule has 1 spiro atoms. The Morgan fingerprint density at radius 1 is 1.16 bits per heavy atom. The van der Waals surface area contributed by atoms with Crippen LogP contribution >= 0.6 is 11.8 Å². The van der Waals surface area contributed by atoms with Crippen LogP contribution in [-0.2, 0) is 20.9 Å². The van der Waals surface area contributed by atoms with Crippen molar-refractivity contribution in [2.45, 2.75) is 101 Å². The molecule has 8 heteroatoms. The van der Waals surface area contributed by atoms with E-state index in [2.05, 4.69) is 24.5 Å². The lowest BCUT2D eigenvalue weighted by Crippen LogP contribution is -2.58. The van der Waals surface area contributed by atoms with Crippen LogP contribution in [0, 0.1) is 17.8 Å². The second-order valence-corrected chi connectivity index (χ2v) is 13.4. The lowest BCUT2D eigenvalue weighted by Gasteiger charge is -2.39. The lowest BCUT2D eigenvalue weighted by atomic mass is 9.66. The normalized spacial score (nSPS) is 32.6. The topological polar surface area (TPSA) is 98.7 Å². The van der Waals surface area contributed by atoms with Crippen LogP contribution in [0.4, 0.5) is 0 Å². The van der Waals surface area contributed by atoms with Crippen molar-refractivity contribution in [1.82, 2.24) is 15.5 Å². The molecule has 0 aromatic heterocycles. The van der Waals surface area contributed by atoms with Crippen molar-refractivity contribution in [2.24, 2.45) is 17.8 Å². The average Bonchev–Trinajstić information content (AvgIpc) is 3.44. The molecule has 3 aliphatic rings. The first-order valence-corrected chi connectivity index (χ1v) is 14.7. The molecule has 37 heavy (non-hydrogen) atoms. The van der Waals surface area contributed by atoms with Crippen molar-refractivity contribution in [3.8, 4) is 0 Å². The zero-order chi connectivity index (χ0) is 27.0. The minimum Gasteiger partial charge on any atom is -0.394 e. The molecule has 3 amide bonds. The summed E-state index contributed by atoms with van der Waals surface area (Å²) in [6, 6.07) is 8.59. The van der Waals surface area contributed by atoms with Gasteiger partial charge in [-0.2, -0.15) is 0 Å². The molecule has 1 aromatic rings. The summed E-state index contributed by atoms with van der Waals surface area (Å²) in [5, 5.41) is 16.7. The number of amides is 3. The Morgan fingerprint density at radius 3 is 2.49 bits per heavy atom. The summed E-state index contributed by atoms with van der Waals surface area (Å²) >= 11 is 1.68. The maximum atomic E-state index is 14.3. The van der Waals surface area contributed by atoms with Crippen molar-refractivity contribution in [3.05, 3.63) is 35.9 Å². The second-order valence-electron chi connectivity index (χ2n) is 11.5. The number of nitrogens with zero attached hydrogens (tertiary/aromatic N) is 1. The number of nitrogens with one attached hydrogen (secondary N) is 2. The third kappa shape index (κ3) is 4.80. The third-order valence-electron chi connectivity index (χ3n) is 9.01. The quantitative estimate of drug-likeness (QED) is 0.408. The van der Waals surface area contributed by atoms with Gasteiger partial charge in [-0.1, -0.05) is 63.9 Å². The van der Waals surface area contributed by atoms with E-state index in [-0.39, 0.29) is 36.3 Å². The van der Waals surface area contributed by atoms with Crippen molar-refractivity contribution in [3.63, 3.8) is 0 Å². The van der Waals surface area contributed by atoms with E-state index in [0.717, 1.165) is 31.2 Å². The number of rotatable bonds is 11. The minimum absolute atomic E-state index is 0.00904. The predicted octanol–water partition coefficient (Wildman–Crippen LogP) is 3.50. The van der Waals surface area contributed by atoms with Gasteiger partial charge < -0.3 is 20.6 Å². The largest absolute Gasteiger partial charge is 0.394 e. The third-order valence-corrected chi connectivity index (χ3v) is 11.0. The smallest absolute Gasteiger partial charge is 0.244 e. The van der Waals surface area contributed by atoms with Gasteiger partial charge in [-0.15, -0.1) is 11.8 Å². The molecule has 3 unspecified atom stereocenters. The molecule has 1 aromatic carbocycles. The van der Waals surface area contributed by atoms with Gasteiger partial charge in [0.1, 0.15) is 6.04 Å². The Bertz CT molecular complexity index is 1010. The van der Waals surface area contributed by atoms with Crippen LogP contribution in [0.2, 0.25) is 0 Å². The first kappa shape index (κ1) is 28.0. The van der Waals surface area contributed by atoms with E-state index in [1.54, 1.807) is 16.7 Å². The number of aliphatic hydroxyl groups is 1. The van der Waals surface area contributed by atoms with Crippen molar-refractivity contribution >= 4 is 29.5 Å². The fraction of sp³-hybridized carbons (Fsp3) is 0.690. The molecule has 0 saturated carbocycles. The van der Waals surface area contributed by atoms with Crippen molar-refractivity contribution in [2.75, 3.05) is 6.61 Å². The van der Waals surface area contributed by atoms with Gasteiger partial charge in [0.05, 0.1) is 29.2 Å². The SMILES string of the molecule is CCCC(C)NC(=O)C1N([C@@H](CO)[C@@H](C)CC)C(=O)[C@@H]2[C@H](C(=O)NCc3ccccc3)[C@]3(C)CCC12S3. The highest BCUT2D eigenvalue weighted by atomic mass is 32.2. The van der Waals surface area contributed by atoms with E-state index < -0.39 is 33.4 Å². The predicted molar refractivity (Wildman–Crippen MR) is 147 cm³/mol. The minimum atomic E-state index is -0.700. The standard InChI is InChI=1S/C29H43N3O4S/c1-6-11-19(4)31-26(35)24-29-15-14-28(5,37-29)22(25(34)30-16-20-12-9-8-10-13-20)23(29)27(36)32(24)21(17-33)18(3)7-2/h8-10,12-13,18-19,21-24,33H,6-7,11,14-17H2,1-5H3,(H,30,34)(H,31,35)/t18-,19?,21-,22+,23-,24?,28-,29?/m0/s1. The summed E-state index contributed by atoms with van der Waals surface area (Å²) in [4.78, 5) is 43.6. The summed E-state index contributed by atoms with van der Waals surface area (Å²) in [5.41, 5.74) is 1.00. The van der Waals surface area contributed by atoms with E-state index in [4.69, 9.17) is 0 Å². The molecular weight excluding hydrogens is 486 g/mol. The molecule has 3 saturated heterocycles. The van der Waals surface area contributed by atoms with E-state index in [9.17, 15) is 19.5 Å². The van der Waals surface area contributed by atoms with Gasteiger partial charge >= 0.3 is 0 Å². The van der Waals surface area contributed by atoms with Gasteiger partial charge in [-0.05, 0) is 44.6 Å². The maximum absolute atomic E-state index is 14.3. The molecular formula is C29H43N3O4S. The van der Waals surface area contributed by atoms with Gasteiger partial charge in [0.25, 0.3) is 0 Å². The van der Waals surface area contributed by atoms with Crippen LogP contribution in [0.3, 0.4) is 0 Å². The molecule has 3 aliphatic heterocycles. The molecule has 3 N–H and O–H groups in total. The zero-order valence-electron chi connectivity index (χ0n) is 22.8. The Hall–Kier alpha value is -2.06. The molecule has 4 rings (SSSR count). The van der Waals surface area contributed by atoms with Crippen molar-refractivity contribution in [1.29, 1.82) is 0 Å². The van der Waals surface area contributed by atoms with Gasteiger partial charge in [0, 0.05) is 17.3 Å². The summed E-state index contributed by atoms with van der Waals surface area (Å²) < 4.78 is -1.08. The first-order chi connectivity index (χ1) is 17.6. The van der Waals surface area contributed by atoms with Crippen LogP contribution < -0.4 is 10.6 Å². The van der Waals surface area contributed by atoms with Crippen LogP contribution in [0.25, 0.3) is 0 Å². The number of carbonyl (C=O) groups is 3. The van der Waals surface area contributed by atoms with E-state index in [0.29, 0.717) is 13.0 Å². The monoisotopic (exact) mass is 529 g/mol. The van der Waals surface area contributed by atoms with Crippen LogP contribution in [0.15, 0.2) is 30.3 Å². The van der Waals surface area contributed by atoms with Gasteiger partial charge in [-0.25, -0.2) is 0 Å². The van der Waals surface area contributed by atoms with E-state index >= 15 is 0 Å². The van der Waals surface area contributed by atoms with Crippen LogP contribution in [0.5, 0.6) is 0 Å². The molecule has 3 heterocycles. The summed E-state index contributed by atoms with van der Waals surface area (Å²) in [6.45, 7) is 10.4. The molecule has 2 bridgehead atoms.